The van der Waals surface area contributed by atoms with Gasteiger partial charge in [-0.25, -0.2) is 9.89 Å². The molecule has 0 bridgehead atoms. The predicted molar refractivity (Wildman–Crippen MR) is 67.5 cm³/mol. The molecule has 0 saturated carbocycles. The van der Waals surface area contributed by atoms with E-state index in [-0.39, 0.29) is 5.89 Å². The summed E-state index contributed by atoms with van der Waals surface area (Å²) in [6.07, 6.45) is 1.70. The molecule has 2 aromatic heterocycles. The van der Waals surface area contributed by atoms with Gasteiger partial charge in [-0.1, -0.05) is 0 Å². The molecule has 0 aliphatic heterocycles. The number of hydrogen-bond acceptors (Lipinski definition) is 5. The van der Waals surface area contributed by atoms with Crippen LogP contribution in [-0.2, 0) is 0 Å². The van der Waals surface area contributed by atoms with Crippen LogP contribution in [0.3, 0.4) is 0 Å². The van der Waals surface area contributed by atoms with Crippen LogP contribution in [0.25, 0.3) is 22.4 Å². The van der Waals surface area contributed by atoms with Gasteiger partial charge in [0, 0.05) is 11.6 Å². The fourth-order valence-corrected chi connectivity index (χ4v) is 2.04. The van der Waals surface area contributed by atoms with E-state index in [9.17, 15) is 4.79 Å². The first-order chi connectivity index (χ1) is 9.24. The summed E-state index contributed by atoms with van der Waals surface area (Å²) in [6.45, 7) is 0. The Labute approximate surface area is 107 Å². The van der Waals surface area contributed by atoms with Crippen LogP contribution in [0.15, 0.2) is 27.5 Å². The number of fused-ring (bicyclic) bond motifs is 1. The van der Waals surface area contributed by atoms with Crippen molar-refractivity contribution < 1.29 is 13.9 Å². The van der Waals surface area contributed by atoms with Crippen LogP contribution in [0.4, 0.5) is 0 Å². The van der Waals surface area contributed by atoms with Gasteiger partial charge < -0.3 is 18.9 Å². The summed E-state index contributed by atoms with van der Waals surface area (Å²) in [5.41, 5.74) is 1.43. The van der Waals surface area contributed by atoms with E-state index in [4.69, 9.17) is 13.9 Å². The van der Waals surface area contributed by atoms with E-state index >= 15 is 0 Å². The number of methoxy groups -OCH3 is 2. The van der Waals surface area contributed by atoms with Gasteiger partial charge in [0.2, 0.25) is 0 Å². The molecule has 7 nitrogen and oxygen atoms in total. The van der Waals surface area contributed by atoms with Crippen LogP contribution < -0.4 is 15.2 Å². The van der Waals surface area contributed by atoms with Gasteiger partial charge in [0.15, 0.2) is 11.5 Å². The van der Waals surface area contributed by atoms with E-state index in [1.807, 2.05) is 6.07 Å². The van der Waals surface area contributed by atoms with Gasteiger partial charge in [0.1, 0.15) is 0 Å². The van der Waals surface area contributed by atoms with Crippen LogP contribution in [0.2, 0.25) is 0 Å². The molecular weight excluding hydrogens is 250 g/mol. The largest absolute Gasteiger partial charge is 0.493 e. The van der Waals surface area contributed by atoms with Crippen molar-refractivity contribution in [1.29, 1.82) is 0 Å². The van der Waals surface area contributed by atoms with Crippen molar-refractivity contribution >= 4 is 10.9 Å². The number of aromatic amines is 2. The van der Waals surface area contributed by atoms with Crippen LogP contribution >= 0.6 is 0 Å². The highest BCUT2D eigenvalue weighted by Crippen LogP contribution is 2.38. The second-order valence-corrected chi connectivity index (χ2v) is 3.84. The normalized spacial score (nSPS) is 10.8. The first-order valence-corrected chi connectivity index (χ1v) is 5.52. The van der Waals surface area contributed by atoms with Crippen LogP contribution in [0, 0.1) is 0 Å². The molecule has 2 heterocycles. The van der Waals surface area contributed by atoms with E-state index in [0.29, 0.717) is 17.1 Å². The maximum Gasteiger partial charge on any atom is 0.434 e. The first kappa shape index (κ1) is 11.4. The van der Waals surface area contributed by atoms with Crippen molar-refractivity contribution in [3.05, 3.63) is 28.9 Å². The van der Waals surface area contributed by atoms with E-state index in [0.717, 1.165) is 10.9 Å². The van der Waals surface area contributed by atoms with Gasteiger partial charge >= 0.3 is 5.76 Å². The second-order valence-electron chi connectivity index (χ2n) is 3.84. The lowest BCUT2D eigenvalue weighted by molar-refractivity contribution is 0.358. The molecule has 0 radical (unpaired) electrons. The number of benzene rings is 1. The lowest BCUT2D eigenvalue weighted by atomic mass is 10.1. The summed E-state index contributed by atoms with van der Waals surface area (Å²) in [4.78, 5) is 14.1. The Hall–Kier alpha value is -2.70. The third kappa shape index (κ3) is 1.67. The molecular formula is C12H11N3O4. The van der Waals surface area contributed by atoms with Gasteiger partial charge in [-0.3, -0.25) is 0 Å². The van der Waals surface area contributed by atoms with Crippen LogP contribution in [-0.4, -0.2) is 29.4 Å². The zero-order valence-corrected chi connectivity index (χ0v) is 10.3. The molecule has 0 fully saturated rings. The van der Waals surface area contributed by atoms with E-state index in [1.165, 1.54) is 0 Å². The molecule has 0 aliphatic carbocycles. The van der Waals surface area contributed by atoms with E-state index in [2.05, 4.69) is 15.2 Å². The Morgan fingerprint density at radius 1 is 1.26 bits per heavy atom. The average Bonchev–Trinajstić information content (AvgIpc) is 3.03. The highest BCUT2D eigenvalue weighted by Gasteiger charge is 2.16. The third-order valence-electron chi connectivity index (χ3n) is 2.87. The van der Waals surface area contributed by atoms with Gasteiger partial charge in [-0.05, 0) is 12.1 Å². The highest BCUT2D eigenvalue weighted by atomic mass is 16.5. The van der Waals surface area contributed by atoms with Crippen molar-refractivity contribution in [2.24, 2.45) is 0 Å². The van der Waals surface area contributed by atoms with Gasteiger partial charge in [-0.15, -0.1) is 5.10 Å². The second kappa shape index (κ2) is 4.20. The predicted octanol–water partition coefficient (Wildman–Crippen LogP) is 1.53. The SMILES string of the molecule is COc1ccc2c(-c3n[nH]c(=O)o3)c[nH]c2c1OC. The zero-order chi connectivity index (χ0) is 13.4. The maximum absolute atomic E-state index is 11.0. The molecule has 7 heteroatoms. The average molecular weight is 261 g/mol. The van der Waals surface area contributed by atoms with Crippen LogP contribution in [0.1, 0.15) is 0 Å². The lowest BCUT2D eigenvalue weighted by Crippen LogP contribution is -1.93. The van der Waals surface area contributed by atoms with Gasteiger partial charge in [-0.2, -0.15) is 0 Å². The van der Waals surface area contributed by atoms with Gasteiger partial charge in [0.25, 0.3) is 5.89 Å². The molecule has 98 valence electrons. The lowest BCUT2D eigenvalue weighted by Gasteiger charge is -2.08. The minimum atomic E-state index is -0.593. The molecule has 0 saturated heterocycles. The minimum absolute atomic E-state index is 0.225. The number of nitrogens with zero attached hydrogens (tertiary/aromatic N) is 1. The highest BCUT2D eigenvalue weighted by molar-refractivity contribution is 5.98. The topological polar surface area (TPSA) is 93.1 Å². The number of aromatic nitrogens is 3. The molecule has 0 unspecified atom stereocenters. The van der Waals surface area contributed by atoms with Crippen molar-refractivity contribution in [2.45, 2.75) is 0 Å². The number of H-pyrrole nitrogens is 2. The summed E-state index contributed by atoms with van der Waals surface area (Å²) >= 11 is 0. The van der Waals surface area contributed by atoms with Crippen molar-refractivity contribution in [3.63, 3.8) is 0 Å². The molecule has 3 rings (SSSR count). The standard InChI is InChI=1S/C12H11N3O4/c1-17-8-4-3-6-7(11-14-15-12(16)19-11)5-13-9(6)10(8)18-2/h3-5,13H,1-2H3,(H,15,16). The molecule has 0 spiro atoms. The first-order valence-electron chi connectivity index (χ1n) is 5.52. The quantitative estimate of drug-likeness (QED) is 0.745. The molecule has 0 amide bonds. The Morgan fingerprint density at radius 3 is 2.74 bits per heavy atom. The van der Waals surface area contributed by atoms with E-state index in [1.54, 1.807) is 26.5 Å². The summed E-state index contributed by atoms with van der Waals surface area (Å²) < 4.78 is 15.5. The van der Waals surface area contributed by atoms with Crippen LogP contribution in [0.5, 0.6) is 11.5 Å². The molecule has 1 aromatic carbocycles. The zero-order valence-electron chi connectivity index (χ0n) is 10.3. The number of nitrogens with one attached hydrogen (secondary N) is 2. The molecule has 0 aliphatic rings. The Kier molecular flexibility index (Phi) is 2.52. The van der Waals surface area contributed by atoms with Crippen molar-refractivity contribution in [1.82, 2.24) is 15.2 Å². The Morgan fingerprint density at radius 2 is 2.11 bits per heavy atom. The monoisotopic (exact) mass is 261 g/mol. The van der Waals surface area contributed by atoms with E-state index < -0.39 is 5.76 Å². The number of rotatable bonds is 3. The molecule has 19 heavy (non-hydrogen) atoms. The smallest absolute Gasteiger partial charge is 0.434 e. The number of ether oxygens (including phenoxy) is 2. The fraction of sp³-hybridized carbons (Fsp3) is 0.167. The molecule has 0 atom stereocenters. The summed E-state index contributed by atoms with van der Waals surface area (Å²) in [7, 11) is 3.13. The van der Waals surface area contributed by atoms with Crippen molar-refractivity contribution in [3.8, 4) is 23.0 Å². The number of hydrogen-bond donors (Lipinski definition) is 2. The fourth-order valence-electron chi connectivity index (χ4n) is 2.04. The maximum atomic E-state index is 11.0. The molecule has 3 aromatic rings. The van der Waals surface area contributed by atoms with Gasteiger partial charge in [0.05, 0.1) is 25.3 Å². The van der Waals surface area contributed by atoms with Crippen molar-refractivity contribution in [2.75, 3.05) is 14.2 Å². The Balaban J connectivity index is 2.27. The summed E-state index contributed by atoms with van der Waals surface area (Å²) in [5.74, 6) is 0.837. The molecule has 2 N–H and O–H groups in total. The Bertz CT molecular complexity index is 784. The summed E-state index contributed by atoms with van der Waals surface area (Å²) in [6, 6.07) is 3.63. The third-order valence-corrected chi connectivity index (χ3v) is 2.87. The minimum Gasteiger partial charge on any atom is -0.493 e. The summed E-state index contributed by atoms with van der Waals surface area (Å²) in [5, 5.41) is 6.87.